The molecule has 1 N–H and O–H groups in total. The maximum atomic E-state index is 5.87. The van der Waals surface area contributed by atoms with E-state index in [-0.39, 0.29) is 0 Å². The molecule has 2 aromatic rings. The molecule has 1 aromatic carbocycles. The summed E-state index contributed by atoms with van der Waals surface area (Å²) in [4.78, 5) is 0. The van der Waals surface area contributed by atoms with Crippen LogP contribution in [-0.4, -0.2) is 6.04 Å². The van der Waals surface area contributed by atoms with Gasteiger partial charge in [-0.3, -0.25) is 0 Å². The van der Waals surface area contributed by atoms with Crippen LogP contribution in [0.5, 0.6) is 0 Å². The maximum absolute atomic E-state index is 5.87. The Morgan fingerprint density at radius 2 is 1.90 bits per heavy atom. The van der Waals surface area contributed by atoms with E-state index in [1.807, 2.05) is 12.1 Å². The molecule has 0 unspecified atom stereocenters. The number of fused-ring (bicyclic) bond motifs is 1. The van der Waals surface area contributed by atoms with Gasteiger partial charge in [0.2, 0.25) is 0 Å². The highest BCUT2D eigenvalue weighted by Gasteiger charge is 2.18. The van der Waals surface area contributed by atoms with E-state index >= 15 is 0 Å². The van der Waals surface area contributed by atoms with Crippen LogP contribution in [0.25, 0.3) is 11.0 Å². The molecule has 1 fully saturated rings. The van der Waals surface area contributed by atoms with Crippen LogP contribution in [-0.2, 0) is 6.54 Å². The van der Waals surface area contributed by atoms with Gasteiger partial charge in [-0.1, -0.05) is 43.9 Å². The first-order valence-electron chi connectivity index (χ1n) is 8.04. The van der Waals surface area contributed by atoms with Gasteiger partial charge in [-0.2, -0.15) is 0 Å². The number of benzene rings is 1. The molecule has 2 heteroatoms. The van der Waals surface area contributed by atoms with E-state index in [1.165, 1.54) is 43.9 Å². The molecule has 1 aromatic heterocycles. The number of furan rings is 1. The molecule has 108 valence electrons. The largest absolute Gasteiger partial charge is 0.460 e. The molecule has 0 spiro atoms. The molecule has 3 rings (SSSR count). The smallest absolute Gasteiger partial charge is 0.134 e. The molecule has 1 heterocycles. The number of hydrogen-bond acceptors (Lipinski definition) is 2. The Balaban J connectivity index is 1.57. The average molecular weight is 271 g/mol. The summed E-state index contributed by atoms with van der Waals surface area (Å²) in [5.41, 5.74) is 0.992. The second-order valence-corrected chi connectivity index (χ2v) is 6.17. The molecule has 1 atom stereocenters. The number of nitrogens with one attached hydrogen (secondary N) is 1. The van der Waals surface area contributed by atoms with Crippen molar-refractivity contribution in [3.8, 4) is 0 Å². The zero-order valence-corrected chi connectivity index (χ0v) is 12.4. The molecule has 1 saturated carbocycles. The summed E-state index contributed by atoms with van der Waals surface area (Å²) in [5.74, 6) is 1.88. The Hall–Kier alpha value is -1.28. The summed E-state index contributed by atoms with van der Waals surface area (Å²) in [6, 6.07) is 11.0. The topological polar surface area (TPSA) is 25.2 Å². The van der Waals surface area contributed by atoms with Gasteiger partial charge in [-0.15, -0.1) is 0 Å². The lowest BCUT2D eigenvalue weighted by molar-refractivity contribution is 0.328. The standard InChI is InChI=1S/C18H25NO/c1-14(15-8-4-2-3-5-9-15)19-13-17-12-16-10-6-7-11-18(16)20-17/h6-7,10-12,14-15,19H,2-5,8-9,13H2,1H3/t14-/m1/s1. The molecule has 0 radical (unpaired) electrons. The Labute approximate surface area is 121 Å². The molecule has 0 saturated heterocycles. The first-order chi connectivity index (χ1) is 9.83. The van der Waals surface area contributed by atoms with Gasteiger partial charge in [0, 0.05) is 11.4 Å². The fraction of sp³-hybridized carbons (Fsp3) is 0.556. The van der Waals surface area contributed by atoms with Crippen molar-refractivity contribution in [1.29, 1.82) is 0 Å². The van der Waals surface area contributed by atoms with Crippen LogP contribution in [0, 0.1) is 5.92 Å². The van der Waals surface area contributed by atoms with Gasteiger partial charge in [0.25, 0.3) is 0 Å². The average Bonchev–Trinajstić information content (AvgIpc) is 2.69. The summed E-state index contributed by atoms with van der Waals surface area (Å²) in [7, 11) is 0. The number of para-hydroxylation sites is 1. The van der Waals surface area contributed by atoms with E-state index in [9.17, 15) is 0 Å². The van der Waals surface area contributed by atoms with Crippen molar-refractivity contribution in [2.45, 2.75) is 58.0 Å². The molecule has 1 aliphatic rings. The van der Waals surface area contributed by atoms with Crippen molar-refractivity contribution in [3.63, 3.8) is 0 Å². The SMILES string of the molecule is C[C@@H](NCc1cc2ccccc2o1)C1CCCCCC1. The summed E-state index contributed by atoms with van der Waals surface area (Å²) in [5, 5.41) is 4.86. The second kappa shape index (κ2) is 6.45. The fourth-order valence-electron chi connectivity index (χ4n) is 3.36. The van der Waals surface area contributed by atoms with Crippen LogP contribution in [0.15, 0.2) is 34.7 Å². The molecular weight excluding hydrogens is 246 g/mol. The van der Waals surface area contributed by atoms with Crippen molar-refractivity contribution in [3.05, 3.63) is 36.1 Å². The molecule has 0 aliphatic heterocycles. The van der Waals surface area contributed by atoms with Crippen molar-refractivity contribution >= 4 is 11.0 Å². The quantitative estimate of drug-likeness (QED) is 0.802. The Kier molecular flexibility index (Phi) is 4.41. The third kappa shape index (κ3) is 3.24. The number of hydrogen-bond donors (Lipinski definition) is 1. The minimum atomic E-state index is 0.585. The highest BCUT2D eigenvalue weighted by Crippen LogP contribution is 2.26. The van der Waals surface area contributed by atoms with E-state index in [2.05, 4.69) is 30.4 Å². The third-order valence-corrected chi connectivity index (χ3v) is 4.68. The van der Waals surface area contributed by atoms with E-state index in [4.69, 9.17) is 4.42 Å². The lowest BCUT2D eigenvalue weighted by Gasteiger charge is -2.23. The summed E-state index contributed by atoms with van der Waals surface area (Å²) >= 11 is 0. The van der Waals surface area contributed by atoms with Gasteiger partial charge in [0.1, 0.15) is 11.3 Å². The van der Waals surface area contributed by atoms with Gasteiger partial charge in [0.05, 0.1) is 6.54 Å². The van der Waals surface area contributed by atoms with Crippen LogP contribution in [0.1, 0.15) is 51.2 Å². The lowest BCUT2D eigenvalue weighted by atomic mass is 9.93. The van der Waals surface area contributed by atoms with Crippen molar-refractivity contribution in [2.75, 3.05) is 0 Å². The van der Waals surface area contributed by atoms with Crippen molar-refractivity contribution in [2.24, 2.45) is 5.92 Å². The van der Waals surface area contributed by atoms with E-state index in [0.29, 0.717) is 6.04 Å². The zero-order valence-electron chi connectivity index (χ0n) is 12.4. The number of rotatable bonds is 4. The van der Waals surface area contributed by atoms with E-state index in [1.54, 1.807) is 0 Å². The monoisotopic (exact) mass is 271 g/mol. The molecule has 1 aliphatic carbocycles. The molecule has 0 amide bonds. The van der Waals surface area contributed by atoms with Crippen LogP contribution in [0.3, 0.4) is 0 Å². The van der Waals surface area contributed by atoms with Crippen LogP contribution >= 0.6 is 0 Å². The first-order valence-corrected chi connectivity index (χ1v) is 8.04. The van der Waals surface area contributed by atoms with Gasteiger partial charge < -0.3 is 9.73 Å². The minimum Gasteiger partial charge on any atom is -0.460 e. The highest BCUT2D eigenvalue weighted by atomic mass is 16.3. The predicted molar refractivity (Wildman–Crippen MR) is 83.7 cm³/mol. The zero-order chi connectivity index (χ0) is 13.8. The first kappa shape index (κ1) is 13.7. The maximum Gasteiger partial charge on any atom is 0.134 e. The van der Waals surface area contributed by atoms with E-state index in [0.717, 1.165) is 23.8 Å². The van der Waals surface area contributed by atoms with Crippen LogP contribution < -0.4 is 5.32 Å². The van der Waals surface area contributed by atoms with E-state index < -0.39 is 0 Å². The predicted octanol–water partition coefficient (Wildman–Crippen LogP) is 4.88. The van der Waals surface area contributed by atoms with Crippen LogP contribution in [0.4, 0.5) is 0 Å². The van der Waals surface area contributed by atoms with Crippen molar-refractivity contribution < 1.29 is 4.42 Å². The van der Waals surface area contributed by atoms with Gasteiger partial charge in [-0.05, 0) is 37.8 Å². The Morgan fingerprint density at radius 3 is 2.65 bits per heavy atom. The Morgan fingerprint density at radius 1 is 1.15 bits per heavy atom. The van der Waals surface area contributed by atoms with Crippen molar-refractivity contribution in [1.82, 2.24) is 5.32 Å². The van der Waals surface area contributed by atoms with Gasteiger partial charge >= 0.3 is 0 Å². The normalized spacial score (nSPS) is 19.1. The summed E-state index contributed by atoms with van der Waals surface area (Å²) < 4.78 is 5.87. The molecule has 0 bridgehead atoms. The minimum absolute atomic E-state index is 0.585. The Bertz CT molecular complexity index is 504. The summed E-state index contributed by atoms with van der Waals surface area (Å²) in [6.45, 7) is 3.17. The van der Waals surface area contributed by atoms with Crippen LogP contribution in [0.2, 0.25) is 0 Å². The summed E-state index contributed by atoms with van der Waals surface area (Å²) in [6.07, 6.45) is 8.42. The second-order valence-electron chi connectivity index (χ2n) is 6.17. The fourth-order valence-corrected chi connectivity index (χ4v) is 3.36. The highest BCUT2D eigenvalue weighted by molar-refractivity contribution is 5.77. The van der Waals surface area contributed by atoms with Gasteiger partial charge in [-0.25, -0.2) is 0 Å². The lowest BCUT2D eigenvalue weighted by Crippen LogP contribution is -2.32. The molecular formula is C18H25NO. The molecule has 20 heavy (non-hydrogen) atoms. The molecule has 2 nitrogen and oxygen atoms in total. The third-order valence-electron chi connectivity index (χ3n) is 4.68. The van der Waals surface area contributed by atoms with Gasteiger partial charge in [0.15, 0.2) is 0 Å².